The van der Waals surface area contributed by atoms with E-state index in [9.17, 15) is 0 Å². The summed E-state index contributed by atoms with van der Waals surface area (Å²) in [4.78, 5) is 7.34. The van der Waals surface area contributed by atoms with Gasteiger partial charge in [-0.2, -0.15) is 0 Å². The van der Waals surface area contributed by atoms with Gasteiger partial charge in [-0.25, -0.2) is 4.98 Å². The molecule has 0 aliphatic heterocycles. The van der Waals surface area contributed by atoms with Crippen LogP contribution in [-0.4, -0.2) is 24.2 Å². The molecule has 0 amide bonds. The summed E-state index contributed by atoms with van der Waals surface area (Å²) in [7, 11) is 3.26. The number of benzene rings is 1. The molecule has 1 aromatic heterocycles. The number of H-pyrrole nitrogens is 1. The predicted octanol–water partition coefficient (Wildman–Crippen LogP) is 3.04. The van der Waals surface area contributed by atoms with Gasteiger partial charge in [0.1, 0.15) is 5.82 Å². The Kier molecular flexibility index (Phi) is 5.03. The number of hydrogen-bond donors (Lipinski definition) is 2. The van der Waals surface area contributed by atoms with E-state index >= 15 is 0 Å². The number of methoxy groups -OCH3 is 2. The molecule has 0 radical (unpaired) electrons. The van der Waals surface area contributed by atoms with Gasteiger partial charge in [-0.05, 0) is 24.6 Å². The third-order valence-electron chi connectivity index (χ3n) is 3.08. The molecule has 6 heteroatoms. The fourth-order valence-corrected chi connectivity index (χ4v) is 2.37. The largest absolute Gasteiger partial charge is 0.493 e. The van der Waals surface area contributed by atoms with Crippen molar-refractivity contribution in [3.63, 3.8) is 0 Å². The SMILES string of the molecule is COc1cc(Br)c(CNC(C)c2ncc[nH]2)cc1OC. The van der Waals surface area contributed by atoms with E-state index in [1.807, 2.05) is 18.3 Å². The summed E-state index contributed by atoms with van der Waals surface area (Å²) in [6.45, 7) is 2.76. The van der Waals surface area contributed by atoms with Crippen LogP contribution >= 0.6 is 15.9 Å². The summed E-state index contributed by atoms with van der Waals surface area (Å²) in [5.74, 6) is 2.35. The Morgan fingerprint density at radius 1 is 1.30 bits per heavy atom. The molecule has 108 valence electrons. The van der Waals surface area contributed by atoms with E-state index in [2.05, 4.69) is 38.1 Å². The lowest BCUT2D eigenvalue weighted by Crippen LogP contribution is -2.19. The molecule has 2 aromatic rings. The maximum absolute atomic E-state index is 5.32. The zero-order valence-electron chi connectivity index (χ0n) is 11.7. The van der Waals surface area contributed by atoms with Gasteiger partial charge in [-0.3, -0.25) is 0 Å². The minimum absolute atomic E-state index is 0.144. The maximum Gasteiger partial charge on any atom is 0.161 e. The van der Waals surface area contributed by atoms with Crippen LogP contribution in [0.15, 0.2) is 29.0 Å². The molecule has 1 heterocycles. The van der Waals surface area contributed by atoms with E-state index in [4.69, 9.17) is 9.47 Å². The first-order valence-electron chi connectivity index (χ1n) is 6.28. The standard InChI is InChI=1S/C14H18BrN3O2/c1-9(14-16-4-5-17-14)18-8-10-6-12(19-2)13(20-3)7-11(10)15/h4-7,9,18H,8H2,1-3H3,(H,16,17). The molecule has 1 aromatic carbocycles. The summed E-state index contributed by atoms with van der Waals surface area (Å²) >= 11 is 3.55. The lowest BCUT2D eigenvalue weighted by Gasteiger charge is -2.15. The third kappa shape index (κ3) is 3.32. The zero-order chi connectivity index (χ0) is 14.5. The number of halogens is 1. The molecule has 5 nitrogen and oxygen atoms in total. The zero-order valence-corrected chi connectivity index (χ0v) is 13.3. The first-order chi connectivity index (χ1) is 9.65. The molecule has 2 N–H and O–H groups in total. The van der Waals surface area contributed by atoms with E-state index in [-0.39, 0.29) is 6.04 Å². The highest BCUT2D eigenvalue weighted by atomic mass is 79.9. The lowest BCUT2D eigenvalue weighted by atomic mass is 10.2. The van der Waals surface area contributed by atoms with Crippen molar-refractivity contribution in [3.05, 3.63) is 40.4 Å². The third-order valence-corrected chi connectivity index (χ3v) is 3.82. The van der Waals surface area contributed by atoms with Crippen molar-refractivity contribution in [3.8, 4) is 11.5 Å². The minimum atomic E-state index is 0.144. The van der Waals surface area contributed by atoms with Crippen molar-refractivity contribution >= 4 is 15.9 Å². The van der Waals surface area contributed by atoms with Crippen molar-refractivity contribution in [1.82, 2.24) is 15.3 Å². The molecule has 0 fully saturated rings. The molecule has 1 unspecified atom stereocenters. The summed E-state index contributed by atoms with van der Waals surface area (Å²) in [5, 5.41) is 3.41. The molecular formula is C14H18BrN3O2. The fourth-order valence-electron chi connectivity index (χ4n) is 1.91. The number of nitrogens with one attached hydrogen (secondary N) is 2. The first-order valence-corrected chi connectivity index (χ1v) is 7.08. The summed E-state index contributed by atoms with van der Waals surface area (Å²) < 4.78 is 11.6. The molecule has 0 saturated heterocycles. The second kappa shape index (κ2) is 6.76. The Morgan fingerprint density at radius 2 is 2.00 bits per heavy atom. The molecule has 0 aliphatic carbocycles. The molecule has 0 saturated carbocycles. The highest BCUT2D eigenvalue weighted by Crippen LogP contribution is 2.33. The van der Waals surface area contributed by atoms with Gasteiger partial charge >= 0.3 is 0 Å². The van der Waals surface area contributed by atoms with Gasteiger partial charge < -0.3 is 19.8 Å². The topological polar surface area (TPSA) is 59.2 Å². The van der Waals surface area contributed by atoms with Gasteiger partial charge in [0.2, 0.25) is 0 Å². The van der Waals surface area contributed by atoms with Gasteiger partial charge in [-0.1, -0.05) is 15.9 Å². The van der Waals surface area contributed by atoms with E-state index in [0.29, 0.717) is 12.3 Å². The second-order valence-corrected chi connectivity index (χ2v) is 5.23. The maximum atomic E-state index is 5.32. The van der Waals surface area contributed by atoms with Gasteiger partial charge in [-0.15, -0.1) is 0 Å². The normalized spacial score (nSPS) is 12.2. The summed E-state index contributed by atoms with van der Waals surface area (Å²) in [6.07, 6.45) is 3.57. The molecule has 0 aliphatic rings. The monoisotopic (exact) mass is 339 g/mol. The highest BCUT2D eigenvalue weighted by molar-refractivity contribution is 9.10. The van der Waals surface area contributed by atoms with Crippen molar-refractivity contribution in [2.24, 2.45) is 0 Å². The van der Waals surface area contributed by atoms with E-state index in [1.165, 1.54) is 0 Å². The number of ether oxygens (including phenoxy) is 2. The van der Waals surface area contributed by atoms with Crippen LogP contribution in [0.2, 0.25) is 0 Å². The molecule has 20 heavy (non-hydrogen) atoms. The quantitative estimate of drug-likeness (QED) is 0.849. The Hall–Kier alpha value is -1.53. The van der Waals surface area contributed by atoms with Crippen molar-refractivity contribution in [2.45, 2.75) is 19.5 Å². The van der Waals surface area contributed by atoms with Crippen LogP contribution in [0.4, 0.5) is 0 Å². The average molecular weight is 340 g/mol. The molecule has 0 spiro atoms. The van der Waals surface area contributed by atoms with Gasteiger partial charge in [0.05, 0.1) is 20.3 Å². The fraction of sp³-hybridized carbons (Fsp3) is 0.357. The van der Waals surface area contributed by atoms with E-state index < -0.39 is 0 Å². The number of nitrogens with zero attached hydrogens (tertiary/aromatic N) is 1. The number of aromatic amines is 1. The van der Waals surface area contributed by atoms with Crippen LogP contribution in [0.1, 0.15) is 24.4 Å². The smallest absolute Gasteiger partial charge is 0.161 e. The average Bonchev–Trinajstić information content (AvgIpc) is 2.99. The van der Waals surface area contributed by atoms with Crippen LogP contribution in [-0.2, 0) is 6.54 Å². The number of hydrogen-bond acceptors (Lipinski definition) is 4. The molecule has 1 atom stereocenters. The van der Waals surface area contributed by atoms with Crippen molar-refractivity contribution < 1.29 is 9.47 Å². The Bertz CT molecular complexity index is 558. The minimum Gasteiger partial charge on any atom is -0.493 e. The molecule has 2 rings (SSSR count). The highest BCUT2D eigenvalue weighted by Gasteiger charge is 2.12. The van der Waals surface area contributed by atoms with Crippen LogP contribution in [0.3, 0.4) is 0 Å². The van der Waals surface area contributed by atoms with Crippen LogP contribution in [0, 0.1) is 0 Å². The van der Waals surface area contributed by atoms with Gasteiger partial charge in [0.15, 0.2) is 11.5 Å². The second-order valence-electron chi connectivity index (χ2n) is 4.38. The van der Waals surface area contributed by atoms with Crippen molar-refractivity contribution in [1.29, 1.82) is 0 Å². The summed E-state index contributed by atoms with van der Waals surface area (Å²) in [6, 6.07) is 4.02. The van der Waals surface area contributed by atoms with Crippen LogP contribution < -0.4 is 14.8 Å². The number of rotatable bonds is 6. The molecule has 0 bridgehead atoms. The summed E-state index contributed by atoms with van der Waals surface area (Å²) in [5.41, 5.74) is 1.10. The molecular weight excluding hydrogens is 322 g/mol. The van der Waals surface area contributed by atoms with Crippen LogP contribution in [0.5, 0.6) is 11.5 Å². The van der Waals surface area contributed by atoms with Crippen molar-refractivity contribution in [2.75, 3.05) is 14.2 Å². The van der Waals surface area contributed by atoms with E-state index in [1.54, 1.807) is 20.4 Å². The Labute approximate surface area is 126 Å². The van der Waals surface area contributed by atoms with Gasteiger partial charge in [0, 0.05) is 23.4 Å². The van der Waals surface area contributed by atoms with E-state index in [0.717, 1.165) is 21.6 Å². The number of aromatic nitrogens is 2. The predicted molar refractivity (Wildman–Crippen MR) is 81.1 cm³/mol. The van der Waals surface area contributed by atoms with Gasteiger partial charge in [0.25, 0.3) is 0 Å². The van der Waals surface area contributed by atoms with Crippen LogP contribution in [0.25, 0.3) is 0 Å². The Morgan fingerprint density at radius 3 is 2.60 bits per heavy atom. The Balaban J connectivity index is 2.09. The number of imidazole rings is 1. The first kappa shape index (κ1) is 14.9. The lowest BCUT2D eigenvalue weighted by molar-refractivity contribution is 0.354.